The second-order valence-corrected chi connectivity index (χ2v) is 8.80. The molecule has 0 bridgehead atoms. The molecule has 6 nitrogen and oxygen atoms in total. The summed E-state index contributed by atoms with van der Waals surface area (Å²) in [7, 11) is 0. The number of hydrogen-bond acceptors (Lipinski definition) is 3. The first-order valence-corrected chi connectivity index (χ1v) is 10.2. The number of aryl methyl sites for hydroxylation is 1. The molecule has 8 heteroatoms. The monoisotopic (exact) mass is 485 g/mol. The van der Waals surface area contributed by atoms with Gasteiger partial charge in [0.25, 0.3) is 5.91 Å². The molecule has 2 atom stereocenters. The molecule has 1 saturated heterocycles. The van der Waals surface area contributed by atoms with Crippen LogP contribution in [0.15, 0.2) is 21.1 Å². The molecule has 2 fully saturated rings. The zero-order chi connectivity index (χ0) is 19.1. The number of carbonyl (C=O) groups excluding carboxylic acids is 3. The summed E-state index contributed by atoms with van der Waals surface area (Å²) in [4.78, 5) is 38.8. The number of amides is 4. The maximum atomic E-state index is 12.9. The van der Waals surface area contributed by atoms with E-state index in [9.17, 15) is 14.4 Å². The van der Waals surface area contributed by atoms with E-state index in [0.717, 1.165) is 38.7 Å². The van der Waals surface area contributed by atoms with Crippen molar-refractivity contribution < 1.29 is 14.4 Å². The fourth-order valence-corrected chi connectivity index (χ4v) is 5.39. The van der Waals surface area contributed by atoms with Crippen molar-refractivity contribution >= 4 is 55.4 Å². The van der Waals surface area contributed by atoms with Gasteiger partial charge < -0.3 is 10.6 Å². The topological polar surface area (TPSA) is 78.5 Å². The largest absolute Gasteiger partial charge is 0.325 e. The van der Waals surface area contributed by atoms with Crippen LogP contribution in [0, 0.1) is 12.8 Å². The van der Waals surface area contributed by atoms with E-state index in [1.54, 1.807) is 0 Å². The maximum absolute atomic E-state index is 12.9. The van der Waals surface area contributed by atoms with Crippen molar-refractivity contribution in [1.82, 2.24) is 10.2 Å². The van der Waals surface area contributed by atoms with Crippen LogP contribution in [0.25, 0.3) is 0 Å². The number of halogens is 2. The molecule has 140 valence electrons. The highest BCUT2D eigenvalue weighted by atomic mass is 79.9. The molecule has 1 saturated carbocycles. The molecule has 4 amide bonds. The zero-order valence-corrected chi connectivity index (χ0v) is 17.9. The van der Waals surface area contributed by atoms with Gasteiger partial charge in [0.05, 0.1) is 5.69 Å². The molecule has 1 aromatic carbocycles. The fourth-order valence-electron chi connectivity index (χ4n) is 3.78. The summed E-state index contributed by atoms with van der Waals surface area (Å²) in [6, 6.07) is 3.28. The molecule has 3 rings (SSSR count). The molecule has 1 aliphatic carbocycles. The van der Waals surface area contributed by atoms with Gasteiger partial charge in [-0.25, -0.2) is 4.79 Å². The lowest BCUT2D eigenvalue weighted by molar-refractivity contribution is -0.136. The molecule has 1 aromatic rings. The molecule has 2 N–H and O–H groups in total. The molecule has 26 heavy (non-hydrogen) atoms. The Morgan fingerprint density at radius 3 is 2.58 bits per heavy atom. The summed E-state index contributed by atoms with van der Waals surface area (Å²) in [5.41, 5.74) is 0.762. The Balaban J connectivity index is 1.74. The molecule has 0 aromatic heterocycles. The summed E-state index contributed by atoms with van der Waals surface area (Å²) < 4.78 is 1.46. The van der Waals surface area contributed by atoms with Gasteiger partial charge in [0.1, 0.15) is 12.1 Å². The van der Waals surface area contributed by atoms with Crippen LogP contribution in [-0.2, 0) is 9.59 Å². The average molecular weight is 487 g/mol. The van der Waals surface area contributed by atoms with Gasteiger partial charge in [-0.3, -0.25) is 14.5 Å². The van der Waals surface area contributed by atoms with Crippen molar-refractivity contribution in [3.63, 3.8) is 0 Å². The normalized spacial score (nSPS) is 25.5. The van der Waals surface area contributed by atoms with Crippen LogP contribution >= 0.6 is 31.9 Å². The zero-order valence-electron chi connectivity index (χ0n) is 14.7. The molecule has 1 spiro atoms. The van der Waals surface area contributed by atoms with E-state index in [1.807, 2.05) is 26.0 Å². The first-order valence-electron chi connectivity index (χ1n) is 8.64. The van der Waals surface area contributed by atoms with Crippen LogP contribution in [0.4, 0.5) is 10.5 Å². The highest BCUT2D eigenvalue weighted by Gasteiger charge is 2.55. The van der Waals surface area contributed by atoms with E-state index in [-0.39, 0.29) is 18.4 Å². The molecule has 0 radical (unpaired) electrons. The Bertz CT molecular complexity index is 760. The smallest absolute Gasteiger partial charge is 0.323 e. The highest BCUT2D eigenvalue weighted by molar-refractivity contribution is 9.11. The number of urea groups is 1. The van der Waals surface area contributed by atoms with E-state index in [4.69, 9.17) is 0 Å². The van der Waals surface area contributed by atoms with Crippen LogP contribution in [0.5, 0.6) is 0 Å². The van der Waals surface area contributed by atoms with E-state index < -0.39 is 17.5 Å². The number of imide groups is 1. The van der Waals surface area contributed by atoms with Crippen molar-refractivity contribution in [2.75, 3.05) is 11.9 Å². The fraction of sp³-hybridized carbons (Fsp3) is 0.500. The minimum atomic E-state index is -0.847. The third-order valence-corrected chi connectivity index (χ3v) is 6.50. The van der Waals surface area contributed by atoms with Crippen molar-refractivity contribution in [3.8, 4) is 0 Å². The Kier molecular flexibility index (Phi) is 5.44. The Morgan fingerprint density at radius 1 is 1.31 bits per heavy atom. The Morgan fingerprint density at radius 2 is 1.96 bits per heavy atom. The minimum absolute atomic E-state index is 0.0705. The third kappa shape index (κ3) is 3.41. The van der Waals surface area contributed by atoms with Gasteiger partial charge in [0, 0.05) is 8.95 Å². The van der Waals surface area contributed by atoms with Gasteiger partial charge in [0.15, 0.2) is 0 Å². The number of carbonyl (C=O) groups is 3. The van der Waals surface area contributed by atoms with Crippen molar-refractivity contribution in [3.05, 3.63) is 26.6 Å². The summed E-state index contributed by atoms with van der Waals surface area (Å²) in [6.07, 6.45) is 3.49. The molecule has 1 heterocycles. The number of nitrogens with zero attached hydrogens (tertiary/aromatic N) is 1. The summed E-state index contributed by atoms with van der Waals surface area (Å²) in [5, 5.41) is 5.63. The van der Waals surface area contributed by atoms with E-state index in [0.29, 0.717) is 12.1 Å². The van der Waals surface area contributed by atoms with Crippen molar-refractivity contribution in [1.29, 1.82) is 0 Å². The molecule has 2 aliphatic rings. The van der Waals surface area contributed by atoms with Crippen LogP contribution in [0.3, 0.4) is 0 Å². The highest BCUT2D eigenvalue weighted by Crippen LogP contribution is 2.38. The second-order valence-electron chi connectivity index (χ2n) is 7.09. The number of hydrogen-bond donors (Lipinski definition) is 2. The molecule has 0 unspecified atom stereocenters. The first kappa shape index (κ1) is 19.4. The number of nitrogens with one attached hydrogen (secondary N) is 2. The lowest BCUT2D eigenvalue weighted by Gasteiger charge is -2.36. The summed E-state index contributed by atoms with van der Waals surface area (Å²) in [5.74, 6) is -0.632. The van der Waals surface area contributed by atoms with Gasteiger partial charge in [-0.15, -0.1) is 0 Å². The van der Waals surface area contributed by atoms with E-state index >= 15 is 0 Å². The SMILES string of the molecule is Cc1cc(Br)c(NC(=O)CN2C(=O)N[C@@]3(CCCC[C@@H]3C)C2=O)c(Br)c1. The second kappa shape index (κ2) is 7.31. The predicted molar refractivity (Wildman–Crippen MR) is 106 cm³/mol. The third-order valence-electron chi connectivity index (χ3n) is 5.25. The van der Waals surface area contributed by atoms with E-state index in [1.165, 1.54) is 0 Å². The van der Waals surface area contributed by atoms with Crippen LogP contribution in [0.1, 0.15) is 38.2 Å². The van der Waals surface area contributed by atoms with Crippen LogP contribution < -0.4 is 10.6 Å². The van der Waals surface area contributed by atoms with Gasteiger partial charge in [-0.2, -0.15) is 0 Å². The van der Waals surface area contributed by atoms with Gasteiger partial charge >= 0.3 is 6.03 Å². The lowest BCUT2D eigenvalue weighted by atomic mass is 9.73. The minimum Gasteiger partial charge on any atom is -0.323 e. The first-order chi connectivity index (χ1) is 12.2. The quantitative estimate of drug-likeness (QED) is 0.634. The number of benzene rings is 1. The predicted octanol–water partition coefficient (Wildman–Crippen LogP) is 3.96. The van der Waals surface area contributed by atoms with Crippen molar-refractivity contribution in [2.24, 2.45) is 5.92 Å². The van der Waals surface area contributed by atoms with Gasteiger partial charge in [0.2, 0.25) is 5.91 Å². The number of rotatable bonds is 3. The van der Waals surface area contributed by atoms with E-state index in [2.05, 4.69) is 42.5 Å². The summed E-state index contributed by atoms with van der Waals surface area (Å²) in [6.45, 7) is 3.63. The molecular weight excluding hydrogens is 466 g/mol. The van der Waals surface area contributed by atoms with Crippen LogP contribution in [0.2, 0.25) is 0 Å². The number of anilines is 1. The Hall–Kier alpha value is -1.41. The summed E-state index contributed by atoms with van der Waals surface area (Å²) >= 11 is 6.85. The van der Waals surface area contributed by atoms with Gasteiger partial charge in [-0.05, 0) is 75.2 Å². The standard InChI is InChI=1S/C18H21Br2N3O3/c1-10-7-12(19)15(13(20)8-10)21-14(24)9-23-16(25)18(22-17(23)26)6-4-3-5-11(18)2/h7-8,11H,3-6,9H2,1-2H3,(H,21,24)(H,22,26)/t11-,18+/m0/s1. The lowest BCUT2D eigenvalue weighted by Crippen LogP contribution is -2.54. The Labute approximate surface area is 169 Å². The molecule has 1 aliphatic heterocycles. The van der Waals surface area contributed by atoms with Crippen LogP contribution in [-0.4, -0.2) is 34.8 Å². The maximum Gasteiger partial charge on any atom is 0.325 e. The average Bonchev–Trinajstić information content (AvgIpc) is 2.79. The molecular formula is C18H21Br2N3O3. The van der Waals surface area contributed by atoms with Gasteiger partial charge in [-0.1, -0.05) is 19.8 Å². The van der Waals surface area contributed by atoms with Crippen molar-refractivity contribution in [2.45, 2.75) is 45.1 Å².